The third-order valence-corrected chi connectivity index (χ3v) is 4.68. The van der Waals surface area contributed by atoms with Crippen molar-refractivity contribution in [3.63, 3.8) is 0 Å². The fraction of sp³-hybridized carbons (Fsp3) is 0.0870. The van der Waals surface area contributed by atoms with E-state index < -0.39 is 4.92 Å². The van der Waals surface area contributed by atoms with E-state index in [1.54, 1.807) is 43.5 Å². The summed E-state index contributed by atoms with van der Waals surface area (Å²) in [6, 6.07) is 18.2. The summed E-state index contributed by atoms with van der Waals surface area (Å²) >= 11 is 0. The Hall–Kier alpha value is -4.53. The lowest BCUT2D eigenvalue weighted by molar-refractivity contribution is -0.384. The first-order valence-corrected chi connectivity index (χ1v) is 9.59. The van der Waals surface area contributed by atoms with Crippen LogP contribution in [0.4, 0.5) is 5.69 Å². The molecule has 0 saturated heterocycles. The van der Waals surface area contributed by atoms with Gasteiger partial charge in [-0.3, -0.25) is 15.2 Å². The predicted molar refractivity (Wildman–Crippen MR) is 116 cm³/mol. The summed E-state index contributed by atoms with van der Waals surface area (Å²) in [5.41, 5.74) is 1.76. The number of aromatic nitrogens is 2. The molecule has 4 rings (SSSR count). The van der Waals surface area contributed by atoms with Crippen molar-refractivity contribution in [3.05, 3.63) is 88.6 Å². The zero-order valence-corrected chi connectivity index (χ0v) is 17.0. The molecule has 0 atom stereocenters. The Morgan fingerprint density at radius 1 is 1.03 bits per heavy atom. The van der Waals surface area contributed by atoms with Gasteiger partial charge in [0.1, 0.15) is 23.8 Å². The number of phenolic OH excluding ortho intramolecular Hbond substituents is 1. The number of rotatable bonds is 8. The number of hydrogen-bond donors (Lipinski definition) is 2. The van der Waals surface area contributed by atoms with Gasteiger partial charge in [-0.25, -0.2) is 0 Å². The lowest BCUT2D eigenvalue weighted by Gasteiger charge is -2.12. The molecule has 1 heterocycles. The van der Waals surface area contributed by atoms with Gasteiger partial charge in [-0.2, -0.15) is 5.10 Å². The Kier molecular flexibility index (Phi) is 5.89. The van der Waals surface area contributed by atoms with E-state index in [-0.39, 0.29) is 18.0 Å². The van der Waals surface area contributed by atoms with Crippen molar-refractivity contribution in [1.29, 1.82) is 0 Å². The summed E-state index contributed by atoms with van der Waals surface area (Å²) in [4.78, 5) is 10.3. The Balaban J connectivity index is 1.49. The minimum absolute atomic E-state index is 0.0152. The highest BCUT2D eigenvalue weighted by atomic mass is 16.6. The van der Waals surface area contributed by atoms with E-state index >= 15 is 0 Å². The molecule has 0 amide bonds. The lowest BCUT2D eigenvalue weighted by atomic mass is 10.1. The number of ether oxygens (including phenoxy) is 3. The van der Waals surface area contributed by atoms with Crippen molar-refractivity contribution in [2.75, 3.05) is 7.11 Å². The Labute approximate surface area is 183 Å². The van der Waals surface area contributed by atoms with Gasteiger partial charge >= 0.3 is 0 Å². The van der Waals surface area contributed by atoms with E-state index in [2.05, 4.69) is 10.2 Å². The van der Waals surface area contributed by atoms with E-state index in [9.17, 15) is 15.2 Å². The topological polar surface area (TPSA) is 120 Å². The number of para-hydroxylation sites is 2. The molecule has 32 heavy (non-hydrogen) atoms. The van der Waals surface area contributed by atoms with Crippen LogP contribution in [0.15, 0.2) is 72.9 Å². The summed E-state index contributed by atoms with van der Waals surface area (Å²) < 4.78 is 16.9. The number of phenols is 1. The molecule has 0 spiro atoms. The van der Waals surface area contributed by atoms with Crippen LogP contribution in [-0.2, 0) is 6.61 Å². The van der Waals surface area contributed by atoms with Crippen LogP contribution in [0, 0.1) is 10.1 Å². The number of nitro groups is 1. The fourth-order valence-electron chi connectivity index (χ4n) is 3.06. The molecule has 162 valence electrons. The van der Waals surface area contributed by atoms with Crippen molar-refractivity contribution in [3.8, 4) is 40.0 Å². The van der Waals surface area contributed by atoms with Gasteiger partial charge in [0.15, 0.2) is 17.2 Å². The second kappa shape index (κ2) is 9.09. The number of aromatic hydroxyl groups is 1. The maximum Gasteiger partial charge on any atom is 0.269 e. The van der Waals surface area contributed by atoms with Gasteiger partial charge in [0.2, 0.25) is 0 Å². The predicted octanol–water partition coefficient (Wildman–Crippen LogP) is 5.07. The van der Waals surface area contributed by atoms with Crippen LogP contribution < -0.4 is 14.2 Å². The zero-order valence-electron chi connectivity index (χ0n) is 17.0. The van der Waals surface area contributed by atoms with E-state index in [1.165, 1.54) is 24.4 Å². The second-order valence-corrected chi connectivity index (χ2v) is 6.75. The zero-order chi connectivity index (χ0) is 22.5. The number of benzene rings is 3. The molecule has 0 aliphatic heterocycles. The van der Waals surface area contributed by atoms with E-state index in [4.69, 9.17) is 14.2 Å². The molecule has 9 heteroatoms. The highest BCUT2D eigenvalue weighted by molar-refractivity contribution is 5.73. The van der Waals surface area contributed by atoms with Crippen LogP contribution in [-0.4, -0.2) is 27.3 Å². The molecule has 3 aromatic carbocycles. The van der Waals surface area contributed by atoms with Gasteiger partial charge in [0, 0.05) is 23.8 Å². The summed E-state index contributed by atoms with van der Waals surface area (Å²) in [5, 5.41) is 28.2. The molecule has 0 bridgehead atoms. The standard InChI is InChI=1S/C23H19N3O6/c1-30-20-4-2-3-5-21(20)32-22-13-24-25-23(22)18-11-10-17(12-19(18)27)31-14-15-6-8-16(9-7-15)26(28)29/h2-13,27H,14H2,1H3,(H,24,25). The molecular formula is C23H19N3O6. The first-order chi connectivity index (χ1) is 15.5. The molecule has 4 aromatic rings. The molecule has 0 fully saturated rings. The number of nitrogens with one attached hydrogen (secondary N) is 1. The number of nitrogens with zero attached hydrogens (tertiary/aromatic N) is 2. The summed E-state index contributed by atoms with van der Waals surface area (Å²) in [5.74, 6) is 1.92. The molecule has 0 unspecified atom stereocenters. The van der Waals surface area contributed by atoms with Gasteiger partial charge in [-0.05, 0) is 42.0 Å². The van der Waals surface area contributed by atoms with Gasteiger partial charge in [-0.1, -0.05) is 12.1 Å². The lowest BCUT2D eigenvalue weighted by Crippen LogP contribution is -1.96. The molecular weight excluding hydrogens is 414 g/mol. The molecule has 0 saturated carbocycles. The Morgan fingerprint density at radius 3 is 2.47 bits per heavy atom. The molecule has 1 aromatic heterocycles. The first-order valence-electron chi connectivity index (χ1n) is 9.59. The van der Waals surface area contributed by atoms with Crippen molar-refractivity contribution >= 4 is 5.69 Å². The summed E-state index contributed by atoms with van der Waals surface area (Å²) in [6.45, 7) is 0.197. The molecule has 2 N–H and O–H groups in total. The highest BCUT2D eigenvalue weighted by Gasteiger charge is 2.16. The van der Waals surface area contributed by atoms with Crippen LogP contribution in [0.1, 0.15) is 5.56 Å². The Morgan fingerprint density at radius 2 is 1.78 bits per heavy atom. The number of aromatic amines is 1. The van der Waals surface area contributed by atoms with E-state index in [0.29, 0.717) is 34.3 Å². The number of non-ortho nitro benzene ring substituents is 1. The molecule has 9 nitrogen and oxygen atoms in total. The number of hydrogen-bond acceptors (Lipinski definition) is 7. The highest BCUT2D eigenvalue weighted by Crippen LogP contribution is 2.39. The largest absolute Gasteiger partial charge is 0.507 e. The number of nitro benzene ring substituents is 1. The maximum absolute atomic E-state index is 10.7. The Bertz CT molecular complexity index is 1240. The van der Waals surface area contributed by atoms with Crippen LogP contribution in [0.25, 0.3) is 11.3 Å². The monoisotopic (exact) mass is 433 g/mol. The molecule has 0 aliphatic rings. The SMILES string of the molecule is COc1ccccc1Oc1cn[nH]c1-c1ccc(OCc2ccc([N+](=O)[O-])cc2)cc1O. The second-order valence-electron chi connectivity index (χ2n) is 6.75. The average Bonchev–Trinajstić information content (AvgIpc) is 3.26. The van der Waals surface area contributed by atoms with Crippen molar-refractivity contribution in [1.82, 2.24) is 10.2 Å². The number of methoxy groups -OCH3 is 1. The summed E-state index contributed by atoms with van der Waals surface area (Å²) in [7, 11) is 1.56. The van der Waals surface area contributed by atoms with Gasteiger partial charge < -0.3 is 19.3 Å². The van der Waals surface area contributed by atoms with Crippen LogP contribution in [0.2, 0.25) is 0 Å². The normalized spacial score (nSPS) is 10.5. The minimum Gasteiger partial charge on any atom is -0.507 e. The van der Waals surface area contributed by atoms with E-state index in [0.717, 1.165) is 5.56 Å². The molecule has 0 radical (unpaired) electrons. The smallest absolute Gasteiger partial charge is 0.269 e. The minimum atomic E-state index is -0.456. The third-order valence-electron chi connectivity index (χ3n) is 4.68. The maximum atomic E-state index is 10.7. The fourth-order valence-corrected chi connectivity index (χ4v) is 3.06. The first kappa shape index (κ1) is 20.7. The van der Waals surface area contributed by atoms with Gasteiger partial charge in [-0.15, -0.1) is 0 Å². The van der Waals surface area contributed by atoms with Crippen LogP contribution in [0.3, 0.4) is 0 Å². The van der Waals surface area contributed by atoms with Crippen molar-refractivity contribution < 1.29 is 24.2 Å². The van der Waals surface area contributed by atoms with Crippen molar-refractivity contribution in [2.45, 2.75) is 6.61 Å². The van der Waals surface area contributed by atoms with Gasteiger partial charge in [0.25, 0.3) is 5.69 Å². The van der Waals surface area contributed by atoms with Crippen molar-refractivity contribution in [2.24, 2.45) is 0 Å². The van der Waals surface area contributed by atoms with Crippen LogP contribution >= 0.6 is 0 Å². The number of H-pyrrole nitrogens is 1. The quantitative estimate of drug-likeness (QED) is 0.294. The summed E-state index contributed by atoms with van der Waals surface area (Å²) in [6.07, 6.45) is 1.51. The van der Waals surface area contributed by atoms with Gasteiger partial charge in [0.05, 0.1) is 18.2 Å². The van der Waals surface area contributed by atoms with Crippen LogP contribution in [0.5, 0.6) is 28.7 Å². The van der Waals surface area contributed by atoms with E-state index in [1.807, 2.05) is 12.1 Å². The average molecular weight is 433 g/mol. The molecule has 0 aliphatic carbocycles. The third kappa shape index (κ3) is 4.46.